The normalized spacial score (nSPS) is 11.6. The Balaban J connectivity index is 0.00000256. The van der Waals surface area contributed by atoms with Crippen molar-refractivity contribution >= 4 is 18.4 Å². The van der Waals surface area contributed by atoms with Crippen molar-refractivity contribution in [3.63, 3.8) is 0 Å². The van der Waals surface area contributed by atoms with Gasteiger partial charge >= 0.3 is 5.97 Å². The van der Waals surface area contributed by atoms with Gasteiger partial charge in [0.15, 0.2) is 11.6 Å². The number of halogens is 3. The highest BCUT2D eigenvalue weighted by atomic mass is 35.5. The molecule has 0 fully saturated rings. The third-order valence-electron chi connectivity index (χ3n) is 2.32. The molecule has 0 aromatic heterocycles. The first-order valence-corrected chi connectivity index (χ1v) is 4.74. The highest BCUT2D eigenvalue weighted by molar-refractivity contribution is 5.85. The number of nitrogens with two attached hydrogens (primary N) is 1. The molecule has 6 heteroatoms. The van der Waals surface area contributed by atoms with Crippen LogP contribution >= 0.6 is 12.4 Å². The van der Waals surface area contributed by atoms with E-state index >= 15 is 0 Å². The summed E-state index contributed by atoms with van der Waals surface area (Å²) in [5.74, 6) is -2.50. The molecular formula is C11H14ClF2NO2. The van der Waals surface area contributed by atoms with Gasteiger partial charge in [-0.25, -0.2) is 8.78 Å². The van der Waals surface area contributed by atoms with E-state index in [2.05, 4.69) is 4.74 Å². The Morgan fingerprint density at radius 3 is 2.53 bits per heavy atom. The molecule has 1 rings (SSSR count). The largest absolute Gasteiger partial charge is 0.469 e. The lowest BCUT2D eigenvalue weighted by molar-refractivity contribution is -0.141. The molecule has 0 saturated heterocycles. The standard InChI is InChI=1S/C11H13F2NO2.ClH/c1-6-3-4-7(11(13)10(6)12)8(14)5-9(15)16-2;/h3-4,8H,5,14H2,1-2H3;1H/t8-;/m0./s1. The molecule has 17 heavy (non-hydrogen) atoms. The van der Waals surface area contributed by atoms with E-state index in [0.717, 1.165) is 0 Å². The molecule has 0 aliphatic rings. The lowest BCUT2D eigenvalue weighted by atomic mass is 10.0. The predicted octanol–water partition coefficient (Wildman–Crippen LogP) is 2.26. The van der Waals surface area contributed by atoms with Gasteiger partial charge < -0.3 is 10.5 Å². The highest BCUT2D eigenvalue weighted by Crippen LogP contribution is 2.22. The monoisotopic (exact) mass is 265 g/mol. The van der Waals surface area contributed by atoms with Crippen molar-refractivity contribution in [2.75, 3.05) is 7.11 Å². The van der Waals surface area contributed by atoms with Gasteiger partial charge in [-0.2, -0.15) is 0 Å². The molecule has 0 heterocycles. The first kappa shape index (κ1) is 15.8. The Kier molecular flexibility index (Phi) is 6.05. The summed E-state index contributed by atoms with van der Waals surface area (Å²) in [5.41, 5.74) is 5.76. The van der Waals surface area contributed by atoms with Crippen LogP contribution in [0.15, 0.2) is 12.1 Å². The zero-order valence-electron chi connectivity index (χ0n) is 9.50. The maximum atomic E-state index is 13.5. The molecule has 1 aromatic rings. The zero-order chi connectivity index (χ0) is 12.3. The van der Waals surface area contributed by atoms with Gasteiger partial charge in [-0.1, -0.05) is 12.1 Å². The second-order valence-corrected chi connectivity index (χ2v) is 3.49. The Morgan fingerprint density at radius 1 is 1.41 bits per heavy atom. The fourth-order valence-electron chi connectivity index (χ4n) is 1.32. The van der Waals surface area contributed by atoms with Crippen molar-refractivity contribution in [3.8, 4) is 0 Å². The number of rotatable bonds is 3. The quantitative estimate of drug-likeness (QED) is 0.853. The molecule has 0 saturated carbocycles. The third kappa shape index (κ3) is 3.64. The smallest absolute Gasteiger partial charge is 0.307 e. The molecule has 1 aromatic carbocycles. The molecule has 0 unspecified atom stereocenters. The van der Waals surface area contributed by atoms with Crippen molar-refractivity contribution < 1.29 is 18.3 Å². The maximum Gasteiger partial charge on any atom is 0.307 e. The second kappa shape index (κ2) is 6.51. The number of hydrogen-bond acceptors (Lipinski definition) is 3. The molecule has 2 N–H and O–H groups in total. The van der Waals surface area contributed by atoms with Crippen LogP contribution in [0.4, 0.5) is 8.78 Å². The molecule has 0 amide bonds. The minimum Gasteiger partial charge on any atom is -0.469 e. The number of carbonyl (C=O) groups excluding carboxylic acids is 1. The van der Waals surface area contributed by atoms with E-state index in [1.165, 1.54) is 26.2 Å². The number of ether oxygens (including phenoxy) is 1. The van der Waals surface area contributed by atoms with Gasteiger partial charge in [0.2, 0.25) is 0 Å². The Morgan fingerprint density at radius 2 is 2.00 bits per heavy atom. The maximum absolute atomic E-state index is 13.5. The van der Waals surface area contributed by atoms with E-state index in [0.29, 0.717) is 0 Å². The molecule has 0 bridgehead atoms. The summed E-state index contributed by atoms with van der Waals surface area (Å²) in [4.78, 5) is 10.9. The third-order valence-corrected chi connectivity index (χ3v) is 2.32. The van der Waals surface area contributed by atoms with Gasteiger partial charge in [0.1, 0.15) is 0 Å². The molecule has 0 aliphatic carbocycles. The van der Waals surface area contributed by atoms with Crippen LogP contribution in [0.5, 0.6) is 0 Å². The molecule has 96 valence electrons. The Hall–Kier alpha value is -1.20. The summed E-state index contributed by atoms with van der Waals surface area (Å²) >= 11 is 0. The minimum atomic E-state index is -1.00. The number of carbonyl (C=O) groups is 1. The molecule has 0 radical (unpaired) electrons. The SMILES string of the molecule is COC(=O)C[C@H](N)c1ccc(C)c(F)c1F.Cl. The first-order chi connectivity index (χ1) is 7.47. The average molecular weight is 266 g/mol. The second-order valence-electron chi connectivity index (χ2n) is 3.49. The Labute approximate surface area is 104 Å². The van der Waals surface area contributed by atoms with Crippen LogP contribution in [0, 0.1) is 18.6 Å². The van der Waals surface area contributed by atoms with Crippen LogP contribution in [0.1, 0.15) is 23.6 Å². The Bertz CT molecular complexity index is 413. The summed E-state index contributed by atoms with van der Waals surface area (Å²) in [7, 11) is 1.21. The topological polar surface area (TPSA) is 52.3 Å². The average Bonchev–Trinajstić information content (AvgIpc) is 2.25. The van der Waals surface area contributed by atoms with Gasteiger partial charge in [0.05, 0.1) is 13.5 Å². The van der Waals surface area contributed by atoms with Crippen LogP contribution in [0.3, 0.4) is 0 Å². The van der Waals surface area contributed by atoms with Crippen LogP contribution < -0.4 is 5.73 Å². The molecular weight excluding hydrogens is 252 g/mol. The highest BCUT2D eigenvalue weighted by Gasteiger charge is 2.19. The van der Waals surface area contributed by atoms with Gasteiger partial charge in [0, 0.05) is 11.6 Å². The van der Waals surface area contributed by atoms with Gasteiger partial charge in [-0.15, -0.1) is 12.4 Å². The molecule has 0 aliphatic heterocycles. The zero-order valence-corrected chi connectivity index (χ0v) is 10.3. The van der Waals surface area contributed by atoms with E-state index < -0.39 is 23.6 Å². The lowest BCUT2D eigenvalue weighted by Gasteiger charge is -2.12. The minimum absolute atomic E-state index is 0. The summed E-state index contributed by atoms with van der Waals surface area (Å²) in [6.45, 7) is 1.45. The molecule has 1 atom stereocenters. The first-order valence-electron chi connectivity index (χ1n) is 4.74. The van der Waals surface area contributed by atoms with Crippen molar-refractivity contribution in [1.82, 2.24) is 0 Å². The summed E-state index contributed by atoms with van der Waals surface area (Å²) in [6, 6.07) is 1.90. The molecule has 3 nitrogen and oxygen atoms in total. The van der Waals surface area contributed by atoms with E-state index in [9.17, 15) is 13.6 Å². The van der Waals surface area contributed by atoms with Crippen LogP contribution in [0.25, 0.3) is 0 Å². The van der Waals surface area contributed by atoms with Crippen LogP contribution in [-0.4, -0.2) is 13.1 Å². The number of aryl methyl sites for hydroxylation is 1. The van der Waals surface area contributed by atoms with Gasteiger partial charge in [-0.05, 0) is 12.5 Å². The van der Waals surface area contributed by atoms with Crippen LogP contribution in [0.2, 0.25) is 0 Å². The van der Waals surface area contributed by atoms with E-state index in [1.807, 2.05) is 0 Å². The van der Waals surface area contributed by atoms with Crippen molar-refractivity contribution in [2.45, 2.75) is 19.4 Å². The predicted molar refractivity (Wildman–Crippen MR) is 61.9 cm³/mol. The van der Waals surface area contributed by atoms with E-state index in [-0.39, 0.29) is 30.0 Å². The van der Waals surface area contributed by atoms with Crippen molar-refractivity contribution in [3.05, 3.63) is 34.9 Å². The summed E-state index contributed by atoms with van der Waals surface area (Å²) < 4.78 is 31.1. The van der Waals surface area contributed by atoms with Gasteiger partial charge in [-0.3, -0.25) is 4.79 Å². The van der Waals surface area contributed by atoms with Crippen LogP contribution in [-0.2, 0) is 9.53 Å². The van der Waals surface area contributed by atoms with E-state index in [4.69, 9.17) is 5.73 Å². The van der Waals surface area contributed by atoms with Crippen molar-refractivity contribution in [1.29, 1.82) is 0 Å². The number of methoxy groups -OCH3 is 1. The fourth-order valence-corrected chi connectivity index (χ4v) is 1.32. The molecule has 0 spiro atoms. The number of hydrogen-bond donors (Lipinski definition) is 1. The summed E-state index contributed by atoms with van der Waals surface area (Å²) in [5, 5.41) is 0. The van der Waals surface area contributed by atoms with Crippen molar-refractivity contribution in [2.24, 2.45) is 5.73 Å². The van der Waals surface area contributed by atoms with Gasteiger partial charge in [0.25, 0.3) is 0 Å². The fraction of sp³-hybridized carbons (Fsp3) is 0.364. The number of esters is 1. The van der Waals surface area contributed by atoms with E-state index in [1.54, 1.807) is 0 Å². The number of benzene rings is 1. The summed E-state index contributed by atoms with van der Waals surface area (Å²) in [6.07, 6.45) is -0.185. The lowest BCUT2D eigenvalue weighted by Crippen LogP contribution is -2.18.